The number of benzene rings is 1. The van der Waals surface area contributed by atoms with Crippen molar-refractivity contribution in [2.45, 2.75) is 19.8 Å². The molecule has 1 amide bonds. The van der Waals surface area contributed by atoms with Crippen molar-refractivity contribution < 1.29 is 18.7 Å². The molecule has 20 heavy (non-hydrogen) atoms. The van der Waals surface area contributed by atoms with Crippen molar-refractivity contribution in [1.82, 2.24) is 4.90 Å². The Hall–Kier alpha value is -1.78. The van der Waals surface area contributed by atoms with E-state index in [-0.39, 0.29) is 11.9 Å². The van der Waals surface area contributed by atoms with E-state index in [2.05, 4.69) is 0 Å². The van der Waals surface area contributed by atoms with E-state index in [4.69, 9.17) is 9.47 Å². The molecule has 5 heteroatoms. The third-order valence-electron chi connectivity index (χ3n) is 3.45. The van der Waals surface area contributed by atoms with E-state index < -0.39 is 0 Å². The number of hydrogen-bond donors (Lipinski definition) is 0. The van der Waals surface area contributed by atoms with Crippen LogP contribution in [0.4, 0.5) is 9.18 Å². The number of carbonyl (C=O) groups is 1. The number of ether oxygens (including phenoxy) is 2. The third-order valence-corrected chi connectivity index (χ3v) is 3.45. The average Bonchev–Trinajstić information content (AvgIpc) is 2.47. The summed E-state index contributed by atoms with van der Waals surface area (Å²) in [6.45, 7) is 4.02. The smallest absolute Gasteiger partial charge is 0.409 e. The highest BCUT2D eigenvalue weighted by atomic mass is 19.1. The van der Waals surface area contributed by atoms with Gasteiger partial charge in [0.1, 0.15) is 0 Å². The van der Waals surface area contributed by atoms with Crippen molar-refractivity contribution in [3.63, 3.8) is 0 Å². The second-order valence-electron chi connectivity index (χ2n) is 4.87. The molecule has 0 bridgehead atoms. The second kappa shape index (κ2) is 7.12. The van der Waals surface area contributed by atoms with Crippen LogP contribution in [0, 0.1) is 11.7 Å². The molecule has 1 aromatic rings. The highest BCUT2D eigenvalue weighted by Gasteiger charge is 2.24. The molecule has 1 aromatic carbocycles. The van der Waals surface area contributed by atoms with Crippen LogP contribution in [0.15, 0.2) is 24.3 Å². The Labute approximate surface area is 118 Å². The van der Waals surface area contributed by atoms with Gasteiger partial charge in [-0.1, -0.05) is 12.1 Å². The third kappa shape index (κ3) is 3.85. The molecule has 0 aromatic heterocycles. The normalized spacial score (nSPS) is 16.0. The Morgan fingerprint density at radius 3 is 2.70 bits per heavy atom. The summed E-state index contributed by atoms with van der Waals surface area (Å²) in [6.07, 6.45) is 1.46. The van der Waals surface area contributed by atoms with Gasteiger partial charge in [-0.2, -0.15) is 0 Å². The summed E-state index contributed by atoms with van der Waals surface area (Å²) in [5.74, 6) is 0.303. The predicted molar refractivity (Wildman–Crippen MR) is 73.2 cm³/mol. The fourth-order valence-corrected chi connectivity index (χ4v) is 2.27. The van der Waals surface area contributed by atoms with Gasteiger partial charge in [0.25, 0.3) is 0 Å². The van der Waals surface area contributed by atoms with E-state index in [1.54, 1.807) is 30.0 Å². The number of piperidine rings is 1. The zero-order valence-corrected chi connectivity index (χ0v) is 11.7. The molecule has 0 N–H and O–H groups in total. The minimum atomic E-state index is -0.337. The van der Waals surface area contributed by atoms with Crippen molar-refractivity contribution in [1.29, 1.82) is 0 Å². The van der Waals surface area contributed by atoms with Crippen molar-refractivity contribution >= 4 is 6.09 Å². The molecule has 110 valence electrons. The molecule has 0 aliphatic carbocycles. The first kappa shape index (κ1) is 14.6. The lowest BCUT2D eigenvalue weighted by molar-refractivity contribution is 0.0841. The van der Waals surface area contributed by atoms with Crippen LogP contribution in [-0.4, -0.2) is 37.3 Å². The summed E-state index contributed by atoms with van der Waals surface area (Å²) in [6, 6.07) is 6.41. The first-order chi connectivity index (χ1) is 9.70. The van der Waals surface area contributed by atoms with Gasteiger partial charge >= 0.3 is 6.09 Å². The molecule has 4 nitrogen and oxygen atoms in total. The van der Waals surface area contributed by atoms with Crippen molar-refractivity contribution in [3.8, 4) is 5.75 Å². The Morgan fingerprint density at radius 1 is 1.35 bits per heavy atom. The minimum absolute atomic E-state index is 0.249. The van der Waals surface area contributed by atoms with Crippen LogP contribution in [0.5, 0.6) is 5.75 Å². The fourth-order valence-electron chi connectivity index (χ4n) is 2.27. The molecular formula is C15H20FNO3. The molecule has 1 fully saturated rings. The fraction of sp³-hybridized carbons (Fsp3) is 0.533. The van der Waals surface area contributed by atoms with E-state index in [1.165, 1.54) is 6.07 Å². The van der Waals surface area contributed by atoms with Crippen molar-refractivity contribution in [2.24, 2.45) is 5.92 Å². The monoisotopic (exact) mass is 281 g/mol. The molecular weight excluding hydrogens is 261 g/mol. The largest absolute Gasteiger partial charge is 0.490 e. The van der Waals surface area contributed by atoms with Crippen molar-refractivity contribution in [2.75, 3.05) is 26.3 Å². The van der Waals surface area contributed by atoms with Gasteiger partial charge < -0.3 is 14.4 Å². The lowest BCUT2D eigenvalue weighted by Crippen LogP contribution is -2.40. The molecule has 1 aliphatic heterocycles. The van der Waals surface area contributed by atoms with Crippen LogP contribution in [-0.2, 0) is 4.74 Å². The Bertz CT molecular complexity index is 444. The van der Waals surface area contributed by atoms with E-state index in [9.17, 15) is 9.18 Å². The first-order valence-electron chi connectivity index (χ1n) is 6.99. The molecule has 1 saturated heterocycles. The second-order valence-corrected chi connectivity index (χ2v) is 4.87. The van der Waals surface area contributed by atoms with Crippen molar-refractivity contribution in [3.05, 3.63) is 30.1 Å². The molecule has 0 atom stereocenters. The van der Waals surface area contributed by atoms with Gasteiger partial charge in [0.15, 0.2) is 11.6 Å². The molecule has 0 radical (unpaired) electrons. The van der Waals surface area contributed by atoms with Gasteiger partial charge in [-0.25, -0.2) is 9.18 Å². The van der Waals surface area contributed by atoms with E-state index in [1.807, 2.05) is 0 Å². The van der Waals surface area contributed by atoms with Crippen LogP contribution >= 0.6 is 0 Å². The van der Waals surface area contributed by atoms with Gasteiger partial charge in [-0.3, -0.25) is 0 Å². The van der Waals surface area contributed by atoms with Gasteiger partial charge in [0, 0.05) is 13.1 Å². The number of carbonyl (C=O) groups excluding carboxylic acids is 1. The molecule has 1 aliphatic rings. The van der Waals surface area contributed by atoms with Gasteiger partial charge in [-0.15, -0.1) is 0 Å². The Balaban J connectivity index is 1.75. The number of para-hydroxylation sites is 1. The number of amides is 1. The molecule has 2 rings (SSSR count). The topological polar surface area (TPSA) is 38.8 Å². The van der Waals surface area contributed by atoms with E-state index in [0.717, 1.165) is 12.8 Å². The number of halogens is 1. The standard InChI is InChI=1S/C15H20FNO3/c1-2-19-15(18)17-9-7-12(8-10-17)11-20-14-6-4-3-5-13(14)16/h3-6,12H,2,7-11H2,1H3. The van der Waals surface area contributed by atoms with Gasteiger partial charge in [0.05, 0.1) is 13.2 Å². The maximum absolute atomic E-state index is 13.4. The molecule has 0 saturated carbocycles. The summed E-state index contributed by atoms with van der Waals surface area (Å²) in [4.78, 5) is 13.3. The van der Waals surface area contributed by atoms with Crippen LogP contribution in [0.3, 0.4) is 0 Å². The van der Waals surface area contributed by atoms with Gasteiger partial charge in [0.2, 0.25) is 0 Å². The quantitative estimate of drug-likeness (QED) is 0.851. The van der Waals surface area contributed by atoms with E-state index >= 15 is 0 Å². The average molecular weight is 281 g/mol. The zero-order chi connectivity index (χ0) is 14.4. The van der Waals surface area contributed by atoms with Crippen LogP contribution in [0.2, 0.25) is 0 Å². The maximum atomic E-state index is 13.4. The minimum Gasteiger partial charge on any atom is -0.490 e. The molecule has 0 spiro atoms. The van der Waals surface area contributed by atoms with Gasteiger partial charge in [-0.05, 0) is 37.8 Å². The highest BCUT2D eigenvalue weighted by molar-refractivity contribution is 5.67. The Morgan fingerprint density at radius 2 is 2.05 bits per heavy atom. The molecule has 0 unspecified atom stereocenters. The number of likely N-dealkylation sites (tertiary alicyclic amines) is 1. The predicted octanol–water partition coefficient (Wildman–Crippen LogP) is 3.07. The van der Waals surface area contributed by atoms with Crippen LogP contribution < -0.4 is 4.74 Å². The number of nitrogens with zero attached hydrogens (tertiary/aromatic N) is 1. The zero-order valence-electron chi connectivity index (χ0n) is 11.7. The van der Waals surface area contributed by atoms with Crippen LogP contribution in [0.1, 0.15) is 19.8 Å². The number of hydrogen-bond acceptors (Lipinski definition) is 3. The summed E-state index contributed by atoms with van der Waals surface area (Å²) < 4.78 is 23.9. The summed E-state index contributed by atoms with van der Waals surface area (Å²) in [5.41, 5.74) is 0. The maximum Gasteiger partial charge on any atom is 0.409 e. The lowest BCUT2D eigenvalue weighted by atomic mass is 9.98. The first-order valence-corrected chi connectivity index (χ1v) is 6.99. The SMILES string of the molecule is CCOC(=O)N1CCC(COc2ccccc2F)CC1. The van der Waals surface area contributed by atoms with Crippen LogP contribution in [0.25, 0.3) is 0 Å². The number of rotatable bonds is 4. The Kier molecular flexibility index (Phi) is 5.21. The highest BCUT2D eigenvalue weighted by Crippen LogP contribution is 2.21. The lowest BCUT2D eigenvalue weighted by Gasteiger charge is -2.31. The summed E-state index contributed by atoms with van der Waals surface area (Å²) in [5, 5.41) is 0. The molecule has 1 heterocycles. The van der Waals surface area contributed by atoms with E-state index in [0.29, 0.717) is 38.0 Å². The summed E-state index contributed by atoms with van der Waals surface area (Å²) in [7, 11) is 0. The summed E-state index contributed by atoms with van der Waals surface area (Å²) >= 11 is 0.